The molecule has 5 nitrogen and oxygen atoms in total. The Balaban J connectivity index is 1.99. The van der Waals surface area contributed by atoms with Gasteiger partial charge in [0.25, 0.3) is 0 Å². The number of urea groups is 1. The van der Waals surface area contributed by atoms with Crippen LogP contribution >= 0.6 is 0 Å². The number of carbonyl (C=O) groups is 2. The molecule has 1 unspecified atom stereocenters. The Bertz CT molecular complexity index is 516. The number of hydrogen-bond donors (Lipinski definition) is 3. The zero-order valence-electron chi connectivity index (χ0n) is 12.3. The number of amides is 2. The number of carboxylic acid groups (broad SMARTS) is 1. The molecule has 5 heteroatoms. The highest BCUT2D eigenvalue weighted by Gasteiger charge is 2.24. The Kier molecular flexibility index (Phi) is 5.20. The minimum absolute atomic E-state index is 0.0361. The summed E-state index contributed by atoms with van der Waals surface area (Å²) in [6.45, 7) is 1.90. The second-order valence-electron chi connectivity index (χ2n) is 5.44. The van der Waals surface area contributed by atoms with Crippen molar-refractivity contribution in [1.82, 2.24) is 10.6 Å². The average Bonchev–Trinajstić information content (AvgIpc) is 2.47. The number of carbonyl (C=O) groups excluding carboxylic acids is 1. The van der Waals surface area contributed by atoms with Crippen LogP contribution in [0.3, 0.4) is 0 Å². The van der Waals surface area contributed by atoms with Crippen LogP contribution in [0.4, 0.5) is 4.79 Å². The van der Waals surface area contributed by atoms with Gasteiger partial charge in [0.1, 0.15) is 6.04 Å². The first-order valence-electron chi connectivity index (χ1n) is 7.49. The third kappa shape index (κ3) is 3.97. The molecule has 0 radical (unpaired) electrons. The molecule has 0 heterocycles. The smallest absolute Gasteiger partial charge is 0.326 e. The third-order valence-corrected chi connectivity index (χ3v) is 3.86. The molecule has 2 amide bonds. The molecule has 1 aliphatic rings. The van der Waals surface area contributed by atoms with Crippen LogP contribution in [0.2, 0.25) is 0 Å². The molecule has 3 N–H and O–H groups in total. The van der Waals surface area contributed by atoms with Gasteiger partial charge in [-0.05, 0) is 36.8 Å². The van der Waals surface area contributed by atoms with Crippen LogP contribution < -0.4 is 10.6 Å². The molecular formula is C16H22N2O3. The minimum atomic E-state index is -0.990. The van der Waals surface area contributed by atoms with Gasteiger partial charge in [0, 0.05) is 0 Å². The lowest BCUT2D eigenvalue weighted by molar-refractivity contribution is -0.139. The van der Waals surface area contributed by atoms with Gasteiger partial charge in [-0.3, -0.25) is 0 Å². The van der Waals surface area contributed by atoms with Crippen LogP contribution in [0.25, 0.3) is 0 Å². The molecular weight excluding hydrogens is 268 g/mol. The molecule has 1 aromatic carbocycles. The summed E-state index contributed by atoms with van der Waals surface area (Å²) in [6.07, 6.45) is 4.09. The maximum atomic E-state index is 12.0. The zero-order chi connectivity index (χ0) is 15.2. The van der Waals surface area contributed by atoms with Crippen LogP contribution in [0, 0.1) is 0 Å². The number of nitrogens with one attached hydrogen (secondary N) is 2. The lowest BCUT2D eigenvalue weighted by Gasteiger charge is -2.27. The number of rotatable bonds is 5. The summed E-state index contributed by atoms with van der Waals surface area (Å²) in [5.74, 6) is -0.990. The molecule has 114 valence electrons. The van der Waals surface area contributed by atoms with E-state index in [0.29, 0.717) is 12.8 Å². The van der Waals surface area contributed by atoms with Gasteiger partial charge in [-0.15, -0.1) is 0 Å². The van der Waals surface area contributed by atoms with E-state index in [4.69, 9.17) is 5.11 Å². The Hall–Kier alpha value is -2.04. The van der Waals surface area contributed by atoms with E-state index in [2.05, 4.69) is 16.7 Å². The molecule has 2 rings (SSSR count). The van der Waals surface area contributed by atoms with Crippen LogP contribution in [0.15, 0.2) is 24.3 Å². The molecule has 21 heavy (non-hydrogen) atoms. The molecule has 0 aromatic heterocycles. The van der Waals surface area contributed by atoms with Gasteiger partial charge in [-0.25, -0.2) is 9.59 Å². The fourth-order valence-corrected chi connectivity index (χ4v) is 2.81. The molecule has 2 atom stereocenters. The first-order chi connectivity index (χ1) is 10.1. The average molecular weight is 290 g/mol. The first kappa shape index (κ1) is 15.4. The van der Waals surface area contributed by atoms with Crippen molar-refractivity contribution in [2.75, 3.05) is 0 Å². The second-order valence-corrected chi connectivity index (χ2v) is 5.44. The zero-order valence-corrected chi connectivity index (χ0v) is 12.3. The SMILES string of the molecule is CCC[C@H](NC(=O)NC1CCCc2ccccc21)C(=O)O. The molecule has 0 aliphatic heterocycles. The molecule has 0 saturated heterocycles. The van der Waals surface area contributed by atoms with E-state index in [1.165, 1.54) is 5.56 Å². The topological polar surface area (TPSA) is 78.4 Å². The van der Waals surface area contributed by atoms with Crippen molar-refractivity contribution < 1.29 is 14.7 Å². The molecule has 1 aliphatic carbocycles. The van der Waals surface area contributed by atoms with Gasteiger partial charge in [0.2, 0.25) is 0 Å². The Labute approximate surface area is 124 Å². The summed E-state index contributed by atoms with van der Waals surface area (Å²) in [6, 6.07) is 6.81. The van der Waals surface area contributed by atoms with E-state index in [0.717, 1.165) is 24.8 Å². The highest BCUT2D eigenvalue weighted by Crippen LogP contribution is 2.29. The lowest BCUT2D eigenvalue weighted by Crippen LogP contribution is -2.47. The van der Waals surface area contributed by atoms with E-state index < -0.39 is 18.0 Å². The lowest BCUT2D eigenvalue weighted by atomic mass is 9.88. The van der Waals surface area contributed by atoms with Crippen molar-refractivity contribution >= 4 is 12.0 Å². The number of carboxylic acids is 1. The van der Waals surface area contributed by atoms with Crippen LogP contribution in [-0.2, 0) is 11.2 Å². The Morgan fingerprint density at radius 2 is 2.14 bits per heavy atom. The number of aryl methyl sites for hydroxylation is 1. The Morgan fingerprint density at radius 1 is 1.38 bits per heavy atom. The van der Waals surface area contributed by atoms with Crippen LogP contribution in [0.1, 0.15) is 49.8 Å². The molecule has 0 saturated carbocycles. The Morgan fingerprint density at radius 3 is 2.86 bits per heavy atom. The summed E-state index contributed by atoms with van der Waals surface area (Å²) in [5, 5.41) is 14.5. The standard InChI is InChI=1S/C16H22N2O3/c1-2-6-14(15(19)20)18-16(21)17-13-10-5-8-11-7-3-4-9-12(11)13/h3-4,7,9,13-14H,2,5-6,8,10H2,1H3,(H,19,20)(H2,17,18,21)/t13?,14-/m0/s1. The number of benzene rings is 1. The highest BCUT2D eigenvalue weighted by molar-refractivity contribution is 5.82. The second kappa shape index (κ2) is 7.11. The van der Waals surface area contributed by atoms with E-state index >= 15 is 0 Å². The van der Waals surface area contributed by atoms with Gasteiger partial charge in [-0.2, -0.15) is 0 Å². The van der Waals surface area contributed by atoms with Crippen LogP contribution in [0.5, 0.6) is 0 Å². The van der Waals surface area contributed by atoms with Gasteiger partial charge < -0.3 is 15.7 Å². The normalized spacial score (nSPS) is 18.4. The first-order valence-corrected chi connectivity index (χ1v) is 7.49. The summed E-state index contributed by atoms with van der Waals surface area (Å²) in [5.41, 5.74) is 2.40. The minimum Gasteiger partial charge on any atom is -0.480 e. The van der Waals surface area contributed by atoms with Crippen molar-refractivity contribution in [3.63, 3.8) is 0 Å². The van der Waals surface area contributed by atoms with Crippen molar-refractivity contribution in [3.8, 4) is 0 Å². The number of aliphatic carboxylic acids is 1. The predicted octanol–water partition coefficient (Wildman–Crippen LogP) is 2.62. The van der Waals surface area contributed by atoms with Crippen molar-refractivity contribution in [1.29, 1.82) is 0 Å². The largest absolute Gasteiger partial charge is 0.480 e. The van der Waals surface area contributed by atoms with Gasteiger partial charge in [0.05, 0.1) is 6.04 Å². The fraction of sp³-hybridized carbons (Fsp3) is 0.500. The molecule has 1 aromatic rings. The van der Waals surface area contributed by atoms with Crippen molar-refractivity contribution in [2.45, 2.75) is 51.1 Å². The van der Waals surface area contributed by atoms with Gasteiger partial charge in [0.15, 0.2) is 0 Å². The summed E-state index contributed by atoms with van der Waals surface area (Å²) in [7, 11) is 0. The van der Waals surface area contributed by atoms with Gasteiger partial charge >= 0.3 is 12.0 Å². The van der Waals surface area contributed by atoms with Gasteiger partial charge in [-0.1, -0.05) is 37.6 Å². The third-order valence-electron chi connectivity index (χ3n) is 3.86. The molecule has 0 fully saturated rings. The summed E-state index contributed by atoms with van der Waals surface area (Å²) in [4.78, 5) is 23.1. The van der Waals surface area contributed by atoms with E-state index in [1.54, 1.807) is 0 Å². The molecule has 0 spiro atoms. The van der Waals surface area contributed by atoms with Crippen molar-refractivity contribution in [3.05, 3.63) is 35.4 Å². The van der Waals surface area contributed by atoms with Crippen molar-refractivity contribution in [2.24, 2.45) is 0 Å². The monoisotopic (exact) mass is 290 g/mol. The number of fused-ring (bicyclic) bond motifs is 1. The predicted molar refractivity (Wildman–Crippen MR) is 80.1 cm³/mol. The summed E-state index contributed by atoms with van der Waals surface area (Å²) < 4.78 is 0. The fourth-order valence-electron chi connectivity index (χ4n) is 2.81. The van der Waals surface area contributed by atoms with E-state index in [1.807, 2.05) is 25.1 Å². The van der Waals surface area contributed by atoms with E-state index in [-0.39, 0.29) is 6.04 Å². The quantitative estimate of drug-likeness (QED) is 0.780. The highest BCUT2D eigenvalue weighted by atomic mass is 16.4. The summed E-state index contributed by atoms with van der Waals surface area (Å²) >= 11 is 0. The maximum absolute atomic E-state index is 12.0. The number of hydrogen-bond acceptors (Lipinski definition) is 2. The van der Waals surface area contributed by atoms with Crippen LogP contribution in [-0.4, -0.2) is 23.1 Å². The molecule has 0 bridgehead atoms. The maximum Gasteiger partial charge on any atom is 0.326 e. The van der Waals surface area contributed by atoms with E-state index in [9.17, 15) is 9.59 Å².